The van der Waals surface area contributed by atoms with Gasteiger partial charge in [-0.2, -0.15) is 0 Å². The number of hydrogen-bond donors (Lipinski definition) is 2. The minimum absolute atomic E-state index is 0.280. The number of thiazole rings is 1. The van der Waals surface area contributed by atoms with E-state index in [0.29, 0.717) is 6.61 Å². The number of aromatic nitrogens is 1. The van der Waals surface area contributed by atoms with E-state index in [1.165, 1.54) is 0 Å². The molecule has 28 heavy (non-hydrogen) atoms. The first-order valence-corrected chi connectivity index (χ1v) is 9.70. The van der Waals surface area contributed by atoms with Crippen LogP contribution < -0.4 is 15.4 Å². The number of carbonyl (C=O) groups excluding carboxylic acids is 1. The van der Waals surface area contributed by atoms with Gasteiger partial charge in [0.25, 0.3) is 0 Å². The first kappa shape index (κ1) is 18.0. The molecule has 4 rings (SSSR count). The molecule has 0 aliphatic carbocycles. The van der Waals surface area contributed by atoms with Crippen molar-refractivity contribution in [2.45, 2.75) is 13.5 Å². The zero-order chi connectivity index (χ0) is 19.3. The Morgan fingerprint density at radius 1 is 1.00 bits per heavy atom. The number of ether oxygens (including phenoxy) is 1. The second-order valence-corrected chi connectivity index (χ2v) is 7.40. The van der Waals surface area contributed by atoms with Crippen LogP contribution in [-0.2, 0) is 6.61 Å². The normalized spacial score (nSPS) is 10.6. The first-order valence-electron chi connectivity index (χ1n) is 8.88. The number of anilines is 2. The highest BCUT2D eigenvalue weighted by molar-refractivity contribution is 7.18. The van der Waals surface area contributed by atoms with Crippen molar-refractivity contribution < 1.29 is 9.53 Å². The number of para-hydroxylation sites is 2. The Bertz CT molecular complexity index is 1080. The molecule has 0 bridgehead atoms. The maximum Gasteiger partial charge on any atom is 0.323 e. The van der Waals surface area contributed by atoms with E-state index in [0.717, 1.165) is 37.9 Å². The van der Waals surface area contributed by atoms with E-state index in [1.54, 1.807) is 11.3 Å². The predicted octanol–water partition coefficient (Wildman–Crippen LogP) is 5.83. The van der Waals surface area contributed by atoms with Crippen LogP contribution in [0.4, 0.5) is 16.2 Å². The second-order valence-electron chi connectivity index (χ2n) is 6.29. The summed E-state index contributed by atoms with van der Waals surface area (Å²) in [5.41, 5.74) is 3.39. The molecule has 1 heterocycles. The highest BCUT2D eigenvalue weighted by Gasteiger charge is 2.08. The molecular weight excluding hydrogens is 370 g/mol. The van der Waals surface area contributed by atoms with Crippen molar-refractivity contribution in [3.63, 3.8) is 0 Å². The van der Waals surface area contributed by atoms with Crippen molar-refractivity contribution in [1.82, 2.24) is 4.98 Å². The van der Waals surface area contributed by atoms with Crippen LogP contribution in [0.5, 0.6) is 5.75 Å². The van der Waals surface area contributed by atoms with Crippen molar-refractivity contribution in [1.29, 1.82) is 0 Å². The lowest BCUT2D eigenvalue weighted by Crippen LogP contribution is -2.19. The average Bonchev–Trinajstić information content (AvgIpc) is 3.12. The van der Waals surface area contributed by atoms with E-state index < -0.39 is 0 Å². The molecule has 5 nitrogen and oxygen atoms in total. The molecule has 0 atom stereocenters. The summed E-state index contributed by atoms with van der Waals surface area (Å²) >= 11 is 1.63. The number of nitrogens with zero attached hydrogens (tertiary/aromatic N) is 1. The summed E-state index contributed by atoms with van der Waals surface area (Å²) in [6.07, 6.45) is 0. The first-order chi connectivity index (χ1) is 13.7. The highest BCUT2D eigenvalue weighted by Crippen LogP contribution is 2.25. The molecule has 1 aromatic heterocycles. The van der Waals surface area contributed by atoms with Crippen LogP contribution in [0.2, 0.25) is 0 Å². The summed E-state index contributed by atoms with van der Waals surface area (Å²) in [6.45, 7) is 2.35. The van der Waals surface area contributed by atoms with E-state index in [9.17, 15) is 4.79 Å². The van der Waals surface area contributed by atoms with Crippen LogP contribution in [0.1, 0.15) is 10.6 Å². The monoisotopic (exact) mass is 389 g/mol. The minimum Gasteiger partial charge on any atom is -0.486 e. The number of amides is 2. The zero-order valence-electron chi connectivity index (χ0n) is 15.3. The SMILES string of the molecule is Cc1cc(OCc2nc3ccccc3s2)ccc1NC(=O)Nc1ccccc1. The molecule has 0 fully saturated rings. The Morgan fingerprint density at radius 3 is 2.57 bits per heavy atom. The predicted molar refractivity (Wildman–Crippen MR) is 114 cm³/mol. The van der Waals surface area contributed by atoms with Crippen LogP contribution in [-0.4, -0.2) is 11.0 Å². The molecular formula is C22H19N3O2S. The molecule has 0 spiro atoms. The van der Waals surface area contributed by atoms with Crippen LogP contribution >= 0.6 is 11.3 Å². The number of fused-ring (bicyclic) bond motifs is 1. The van der Waals surface area contributed by atoms with Gasteiger partial charge in [-0.3, -0.25) is 0 Å². The number of nitrogens with one attached hydrogen (secondary N) is 2. The number of aryl methyl sites for hydroxylation is 1. The molecule has 2 N–H and O–H groups in total. The van der Waals surface area contributed by atoms with Crippen LogP contribution in [0.25, 0.3) is 10.2 Å². The Kier molecular flexibility index (Phi) is 5.21. The Hall–Kier alpha value is -3.38. The zero-order valence-corrected chi connectivity index (χ0v) is 16.1. The fraction of sp³-hybridized carbons (Fsp3) is 0.0909. The lowest BCUT2D eigenvalue weighted by Gasteiger charge is -2.12. The molecule has 0 radical (unpaired) electrons. The number of carbonyl (C=O) groups is 1. The van der Waals surface area contributed by atoms with Gasteiger partial charge in [-0.15, -0.1) is 11.3 Å². The van der Waals surface area contributed by atoms with Gasteiger partial charge < -0.3 is 15.4 Å². The largest absolute Gasteiger partial charge is 0.486 e. The topological polar surface area (TPSA) is 63.2 Å². The van der Waals surface area contributed by atoms with Gasteiger partial charge in [0.15, 0.2) is 0 Å². The average molecular weight is 389 g/mol. The Balaban J connectivity index is 1.37. The molecule has 140 valence electrons. The van der Waals surface area contributed by atoms with Crippen LogP contribution in [0.15, 0.2) is 72.8 Å². The van der Waals surface area contributed by atoms with Crippen molar-refractivity contribution in [2.75, 3.05) is 10.6 Å². The van der Waals surface area contributed by atoms with Crippen molar-refractivity contribution in [3.8, 4) is 5.75 Å². The van der Waals surface area contributed by atoms with E-state index in [2.05, 4.69) is 21.7 Å². The standard InChI is InChI=1S/C22H19N3O2S/c1-15-13-17(27-14-21-24-19-9-5-6-10-20(19)28-21)11-12-18(15)25-22(26)23-16-7-3-2-4-8-16/h2-13H,14H2,1H3,(H2,23,25,26). The van der Waals surface area contributed by atoms with E-state index >= 15 is 0 Å². The summed E-state index contributed by atoms with van der Waals surface area (Å²) in [6, 6.07) is 22.7. The second kappa shape index (κ2) is 8.10. The molecule has 3 aromatic carbocycles. The maximum atomic E-state index is 12.2. The van der Waals surface area contributed by atoms with E-state index in [4.69, 9.17) is 4.74 Å². The van der Waals surface area contributed by atoms with E-state index in [1.807, 2.05) is 73.7 Å². The lowest BCUT2D eigenvalue weighted by atomic mass is 10.2. The molecule has 0 saturated heterocycles. The van der Waals surface area contributed by atoms with Gasteiger partial charge in [0.1, 0.15) is 17.4 Å². The molecule has 0 aliphatic heterocycles. The summed E-state index contributed by atoms with van der Waals surface area (Å²) in [5, 5.41) is 6.60. The Morgan fingerprint density at radius 2 is 1.79 bits per heavy atom. The van der Waals surface area contributed by atoms with Crippen LogP contribution in [0, 0.1) is 6.92 Å². The number of benzene rings is 3. The summed E-state index contributed by atoms with van der Waals surface area (Å²) in [5.74, 6) is 0.741. The maximum absolute atomic E-state index is 12.2. The third-order valence-electron chi connectivity index (χ3n) is 4.18. The Labute approximate surface area is 167 Å². The number of rotatable bonds is 5. The minimum atomic E-state index is -0.280. The van der Waals surface area contributed by atoms with Gasteiger partial charge >= 0.3 is 6.03 Å². The third-order valence-corrected chi connectivity index (χ3v) is 5.19. The quantitative estimate of drug-likeness (QED) is 0.451. The highest BCUT2D eigenvalue weighted by atomic mass is 32.1. The fourth-order valence-corrected chi connectivity index (χ4v) is 3.68. The molecule has 0 saturated carbocycles. The van der Waals surface area contributed by atoms with Crippen LogP contribution in [0.3, 0.4) is 0 Å². The van der Waals surface area contributed by atoms with Gasteiger partial charge in [-0.05, 0) is 55.0 Å². The molecule has 6 heteroatoms. The van der Waals surface area contributed by atoms with Crippen molar-refractivity contribution >= 4 is 39.0 Å². The third kappa shape index (κ3) is 4.29. The number of hydrogen-bond acceptors (Lipinski definition) is 4. The van der Waals surface area contributed by atoms with Gasteiger partial charge in [0, 0.05) is 11.4 Å². The molecule has 2 amide bonds. The molecule has 0 aliphatic rings. The molecule has 4 aromatic rings. The number of urea groups is 1. The van der Waals surface area contributed by atoms with Gasteiger partial charge in [-0.1, -0.05) is 30.3 Å². The van der Waals surface area contributed by atoms with E-state index in [-0.39, 0.29) is 6.03 Å². The summed E-state index contributed by atoms with van der Waals surface area (Å²) in [7, 11) is 0. The van der Waals surface area contributed by atoms with Crippen molar-refractivity contribution in [2.24, 2.45) is 0 Å². The lowest BCUT2D eigenvalue weighted by molar-refractivity contribution is 0.262. The van der Waals surface area contributed by atoms with Crippen molar-refractivity contribution in [3.05, 3.63) is 83.4 Å². The van der Waals surface area contributed by atoms with Gasteiger partial charge in [0.2, 0.25) is 0 Å². The fourth-order valence-electron chi connectivity index (χ4n) is 2.80. The van der Waals surface area contributed by atoms with Gasteiger partial charge in [-0.25, -0.2) is 9.78 Å². The summed E-state index contributed by atoms with van der Waals surface area (Å²) < 4.78 is 7.03. The smallest absolute Gasteiger partial charge is 0.323 e. The molecule has 0 unspecified atom stereocenters. The van der Waals surface area contributed by atoms with Gasteiger partial charge in [0.05, 0.1) is 10.2 Å². The summed E-state index contributed by atoms with van der Waals surface area (Å²) in [4.78, 5) is 16.7.